The number of rotatable bonds is 4. The van der Waals surface area contributed by atoms with E-state index < -0.39 is 9.84 Å². The summed E-state index contributed by atoms with van der Waals surface area (Å²) in [5.41, 5.74) is 0. The lowest BCUT2D eigenvalue weighted by Crippen LogP contribution is -2.02. The molecule has 1 aromatic carbocycles. The Labute approximate surface area is 124 Å². The lowest BCUT2D eigenvalue weighted by molar-refractivity contribution is 0.592. The monoisotopic (exact) mass is 330 g/mol. The van der Waals surface area contributed by atoms with Gasteiger partial charge in [0.2, 0.25) is 9.84 Å². The number of hydrogen-bond acceptors (Lipinski definition) is 6. The second kappa shape index (κ2) is 5.92. The second-order valence-electron chi connectivity index (χ2n) is 3.32. The zero-order chi connectivity index (χ0) is 13.9. The lowest BCUT2D eigenvalue weighted by Gasteiger charge is -2.00. The topological polar surface area (TPSA) is 70.8 Å². The van der Waals surface area contributed by atoms with Crippen molar-refractivity contribution in [2.45, 2.75) is 14.3 Å². The van der Waals surface area contributed by atoms with Crippen molar-refractivity contribution in [2.75, 3.05) is 5.75 Å². The predicted molar refractivity (Wildman–Crippen MR) is 75.4 cm³/mol. The van der Waals surface area contributed by atoms with Crippen molar-refractivity contribution in [2.24, 2.45) is 0 Å². The van der Waals surface area contributed by atoms with Crippen molar-refractivity contribution in [3.63, 3.8) is 0 Å². The third-order valence-corrected chi connectivity index (χ3v) is 6.31. The number of hydrogen-bond donors (Lipinski definition) is 0. The number of nitriles is 1. The van der Waals surface area contributed by atoms with Gasteiger partial charge in [0.25, 0.3) is 0 Å². The molecule has 0 spiro atoms. The molecule has 0 saturated carbocycles. The number of sulfone groups is 1. The van der Waals surface area contributed by atoms with Gasteiger partial charge in [0.1, 0.15) is 4.34 Å². The van der Waals surface area contributed by atoms with Crippen LogP contribution in [0.25, 0.3) is 0 Å². The van der Waals surface area contributed by atoms with Crippen molar-refractivity contribution in [1.29, 1.82) is 5.26 Å². The lowest BCUT2D eigenvalue weighted by atomic mass is 10.4. The van der Waals surface area contributed by atoms with Crippen LogP contribution in [-0.2, 0) is 9.84 Å². The van der Waals surface area contributed by atoms with Crippen LogP contribution >= 0.6 is 34.7 Å². The first kappa shape index (κ1) is 14.3. The fraction of sp³-hybridized carbons (Fsp3) is 0.0909. The first-order valence-electron chi connectivity index (χ1n) is 5.02. The molecule has 0 saturated heterocycles. The minimum Gasteiger partial charge on any atom is -0.217 e. The van der Waals surface area contributed by atoms with Crippen LogP contribution < -0.4 is 0 Å². The van der Waals surface area contributed by atoms with Crippen molar-refractivity contribution >= 4 is 44.5 Å². The van der Waals surface area contributed by atoms with Crippen LogP contribution in [0, 0.1) is 11.3 Å². The summed E-state index contributed by atoms with van der Waals surface area (Å²) in [6, 6.07) is 9.95. The Kier molecular flexibility index (Phi) is 4.47. The Bertz CT molecular complexity index is 720. The maximum atomic E-state index is 12.3. The number of halogens is 1. The molecule has 0 fully saturated rings. The Morgan fingerprint density at radius 2 is 2.05 bits per heavy atom. The van der Waals surface area contributed by atoms with E-state index in [2.05, 4.69) is 4.98 Å². The molecule has 0 amide bonds. The van der Waals surface area contributed by atoms with E-state index in [0.717, 1.165) is 23.1 Å². The molecule has 4 nitrogen and oxygen atoms in total. The summed E-state index contributed by atoms with van der Waals surface area (Å²) in [5.74, 6) is 0.203. The quantitative estimate of drug-likeness (QED) is 0.805. The average Bonchev–Trinajstić information content (AvgIpc) is 2.79. The zero-order valence-corrected chi connectivity index (χ0v) is 12.6. The van der Waals surface area contributed by atoms with Gasteiger partial charge in [0, 0.05) is 0 Å². The van der Waals surface area contributed by atoms with Gasteiger partial charge in [-0.25, -0.2) is 13.4 Å². The normalized spacial score (nSPS) is 11.2. The fourth-order valence-electron chi connectivity index (χ4n) is 1.30. The smallest absolute Gasteiger partial charge is 0.217 e. The van der Waals surface area contributed by atoms with Crippen LogP contribution in [0.4, 0.5) is 0 Å². The second-order valence-corrected chi connectivity index (χ2v) is 8.01. The Morgan fingerprint density at radius 1 is 1.37 bits per heavy atom. The van der Waals surface area contributed by atoms with Gasteiger partial charge >= 0.3 is 0 Å². The van der Waals surface area contributed by atoms with E-state index >= 15 is 0 Å². The van der Waals surface area contributed by atoms with Gasteiger partial charge in [-0.05, 0) is 12.1 Å². The largest absolute Gasteiger partial charge is 0.226 e. The van der Waals surface area contributed by atoms with Crippen molar-refractivity contribution in [3.05, 3.63) is 34.7 Å². The van der Waals surface area contributed by atoms with E-state index in [4.69, 9.17) is 16.9 Å². The SMILES string of the molecule is N#CCSc1nc(S(=O)(=O)c2ccccc2)c(Cl)s1. The van der Waals surface area contributed by atoms with Crippen LogP contribution in [0.5, 0.6) is 0 Å². The predicted octanol–water partition coefficient (Wildman–Crippen LogP) is 3.24. The van der Waals surface area contributed by atoms with E-state index in [9.17, 15) is 8.42 Å². The molecule has 0 N–H and O–H groups in total. The number of nitrogens with zero attached hydrogens (tertiary/aromatic N) is 2. The number of thiazole rings is 1. The molecular weight excluding hydrogens is 324 g/mol. The average molecular weight is 331 g/mol. The van der Waals surface area contributed by atoms with Gasteiger partial charge in [-0.15, -0.1) is 0 Å². The summed E-state index contributed by atoms with van der Waals surface area (Å²) >= 11 is 8.17. The van der Waals surface area contributed by atoms with Gasteiger partial charge in [-0.2, -0.15) is 5.26 Å². The molecule has 0 unspecified atom stereocenters. The summed E-state index contributed by atoms with van der Waals surface area (Å²) < 4.78 is 25.2. The molecule has 8 heteroatoms. The maximum Gasteiger partial charge on any atom is 0.226 e. The van der Waals surface area contributed by atoms with Gasteiger partial charge in [-0.3, -0.25) is 0 Å². The highest BCUT2D eigenvalue weighted by atomic mass is 35.5. The summed E-state index contributed by atoms with van der Waals surface area (Å²) in [7, 11) is -3.70. The zero-order valence-electron chi connectivity index (χ0n) is 9.41. The molecule has 0 aliphatic carbocycles. The van der Waals surface area contributed by atoms with E-state index in [1.807, 2.05) is 6.07 Å². The summed E-state index contributed by atoms with van der Waals surface area (Å²) in [5, 5.41) is 8.35. The van der Waals surface area contributed by atoms with E-state index in [0.29, 0.717) is 4.34 Å². The number of aromatic nitrogens is 1. The third-order valence-electron chi connectivity index (χ3n) is 2.11. The van der Waals surface area contributed by atoms with Crippen LogP contribution in [0.2, 0.25) is 4.34 Å². The standard InChI is InChI=1S/C11H7ClN2O2S3/c12-9-10(14-11(18-9)17-7-6-13)19(15,16)8-4-2-1-3-5-8/h1-5H,7H2. The van der Waals surface area contributed by atoms with Crippen LogP contribution in [0.3, 0.4) is 0 Å². The van der Waals surface area contributed by atoms with Crippen molar-refractivity contribution < 1.29 is 8.42 Å². The minimum absolute atomic E-state index is 0.115. The van der Waals surface area contributed by atoms with E-state index in [-0.39, 0.29) is 20.0 Å². The summed E-state index contributed by atoms with van der Waals surface area (Å²) in [6.07, 6.45) is 0. The Hall–Kier alpha value is -1.07. The molecule has 2 aromatic rings. The molecule has 1 heterocycles. The molecule has 0 atom stereocenters. The highest BCUT2D eigenvalue weighted by Gasteiger charge is 2.25. The van der Waals surface area contributed by atoms with Gasteiger partial charge in [0.15, 0.2) is 9.37 Å². The Morgan fingerprint density at radius 3 is 2.68 bits per heavy atom. The molecular formula is C11H7ClN2O2S3. The van der Waals surface area contributed by atoms with Crippen LogP contribution in [0.15, 0.2) is 44.6 Å². The number of benzene rings is 1. The Balaban J connectivity index is 2.42. The van der Waals surface area contributed by atoms with Crippen LogP contribution in [-0.4, -0.2) is 19.2 Å². The van der Waals surface area contributed by atoms with Gasteiger partial charge in [-0.1, -0.05) is 52.9 Å². The molecule has 1 aromatic heterocycles. The molecule has 98 valence electrons. The minimum atomic E-state index is -3.70. The van der Waals surface area contributed by atoms with Crippen molar-refractivity contribution in [3.8, 4) is 6.07 Å². The third kappa shape index (κ3) is 3.09. The number of thioether (sulfide) groups is 1. The highest BCUT2D eigenvalue weighted by molar-refractivity contribution is 8.01. The fourth-order valence-corrected chi connectivity index (χ4v) is 5.17. The van der Waals surface area contributed by atoms with E-state index in [1.165, 1.54) is 12.1 Å². The molecule has 0 aliphatic heterocycles. The molecule has 19 heavy (non-hydrogen) atoms. The first-order chi connectivity index (χ1) is 9.05. The molecule has 2 rings (SSSR count). The highest BCUT2D eigenvalue weighted by Crippen LogP contribution is 2.35. The molecule has 0 bridgehead atoms. The van der Waals surface area contributed by atoms with Gasteiger partial charge in [0.05, 0.1) is 16.7 Å². The van der Waals surface area contributed by atoms with Crippen LogP contribution in [0.1, 0.15) is 0 Å². The maximum absolute atomic E-state index is 12.3. The first-order valence-corrected chi connectivity index (χ1v) is 8.68. The summed E-state index contributed by atoms with van der Waals surface area (Å²) in [6.45, 7) is 0. The van der Waals surface area contributed by atoms with E-state index in [1.54, 1.807) is 18.2 Å². The summed E-state index contributed by atoms with van der Waals surface area (Å²) in [4.78, 5) is 4.16. The van der Waals surface area contributed by atoms with Gasteiger partial charge < -0.3 is 0 Å². The molecule has 0 radical (unpaired) electrons. The molecule has 0 aliphatic rings. The van der Waals surface area contributed by atoms with Crippen molar-refractivity contribution in [1.82, 2.24) is 4.98 Å².